The maximum atomic E-state index is 12.3. The Labute approximate surface area is 153 Å². The Kier molecular flexibility index (Phi) is 4.42. The molecule has 138 valence electrons. The standard InChI is InChI=1S/C20H25N3O3/c1-12(17-11-13-6-7-14(17)10-13)22-20(26)21-8-9-23-18(24)15-4-2-3-5-16(15)19(23)25/h2-5,12-14,17H,6-11H2,1H3,(H2,21,22,26). The first kappa shape index (κ1) is 17.1. The highest BCUT2D eigenvalue weighted by atomic mass is 16.2. The first-order chi connectivity index (χ1) is 12.5. The Bertz CT molecular complexity index is 713. The van der Waals surface area contributed by atoms with Crippen LogP contribution in [0.2, 0.25) is 0 Å². The molecule has 26 heavy (non-hydrogen) atoms. The number of amides is 4. The topological polar surface area (TPSA) is 78.5 Å². The number of hydrogen-bond acceptors (Lipinski definition) is 3. The van der Waals surface area contributed by atoms with Crippen molar-refractivity contribution in [1.82, 2.24) is 15.5 Å². The highest BCUT2D eigenvalue weighted by molar-refractivity contribution is 6.21. The molecule has 3 aliphatic rings. The van der Waals surface area contributed by atoms with E-state index < -0.39 is 0 Å². The van der Waals surface area contributed by atoms with E-state index in [-0.39, 0.29) is 37.0 Å². The van der Waals surface area contributed by atoms with Crippen LogP contribution in [0.4, 0.5) is 4.79 Å². The van der Waals surface area contributed by atoms with Crippen molar-refractivity contribution in [2.75, 3.05) is 13.1 Å². The van der Waals surface area contributed by atoms with E-state index in [4.69, 9.17) is 0 Å². The SMILES string of the molecule is CC(NC(=O)NCCN1C(=O)c2ccccc2C1=O)C1CC2CCC1C2. The third-order valence-electron chi connectivity index (χ3n) is 6.29. The minimum Gasteiger partial charge on any atom is -0.336 e. The van der Waals surface area contributed by atoms with Crippen molar-refractivity contribution < 1.29 is 14.4 Å². The molecule has 1 aromatic rings. The fourth-order valence-electron chi connectivity index (χ4n) is 4.99. The summed E-state index contributed by atoms with van der Waals surface area (Å²) < 4.78 is 0. The summed E-state index contributed by atoms with van der Waals surface area (Å²) in [5, 5.41) is 5.81. The molecule has 4 rings (SSSR count). The third kappa shape index (κ3) is 2.97. The van der Waals surface area contributed by atoms with E-state index in [1.54, 1.807) is 24.3 Å². The van der Waals surface area contributed by atoms with Crippen molar-refractivity contribution in [3.63, 3.8) is 0 Å². The molecule has 1 aliphatic heterocycles. The van der Waals surface area contributed by atoms with Crippen molar-refractivity contribution in [3.05, 3.63) is 35.4 Å². The second-order valence-corrected chi connectivity index (χ2v) is 7.84. The molecule has 2 saturated carbocycles. The van der Waals surface area contributed by atoms with E-state index in [1.807, 2.05) is 0 Å². The van der Waals surface area contributed by atoms with Gasteiger partial charge < -0.3 is 10.6 Å². The van der Waals surface area contributed by atoms with Crippen molar-refractivity contribution in [1.29, 1.82) is 0 Å². The summed E-state index contributed by atoms with van der Waals surface area (Å²) in [5.74, 6) is 1.61. The van der Waals surface area contributed by atoms with Crippen LogP contribution in [0.25, 0.3) is 0 Å². The Morgan fingerprint density at radius 3 is 2.42 bits per heavy atom. The van der Waals surface area contributed by atoms with Gasteiger partial charge in [0.15, 0.2) is 0 Å². The predicted molar refractivity (Wildman–Crippen MR) is 96.7 cm³/mol. The smallest absolute Gasteiger partial charge is 0.315 e. The molecular formula is C20H25N3O3. The molecule has 6 heteroatoms. The van der Waals surface area contributed by atoms with Gasteiger partial charge in [-0.25, -0.2) is 4.79 Å². The lowest BCUT2D eigenvalue weighted by Crippen LogP contribution is -2.47. The number of hydrogen-bond donors (Lipinski definition) is 2. The monoisotopic (exact) mass is 355 g/mol. The van der Waals surface area contributed by atoms with Crippen LogP contribution >= 0.6 is 0 Å². The van der Waals surface area contributed by atoms with Crippen LogP contribution in [0.15, 0.2) is 24.3 Å². The molecule has 0 saturated heterocycles. The Morgan fingerprint density at radius 2 is 1.85 bits per heavy atom. The quantitative estimate of drug-likeness (QED) is 0.796. The van der Waals surface area contributed by atoms with Gasteiger partial charge in [0.05, 0.1) is 11.1 Å². The number of fused-ring (bicyclic) bond motifs is 3. The molecule has 4 atom stereocenters. The predicted octanol–water partition coefficient (Wildman–Crippen LogP) is 2.41. The van der Waals surface area contributed by atoms with Crippen molar-refractivity contribution in [2.45, 2.75) is 38.6 Å². The van der Waals surface area contributed by atoms with Crippen LogP contribution in [0.5, 0.6) is 0 Å². The molecule has 4 amide bonds. The fourth-order valence-corrected chi connectivity index (χ4v) is 4.99. The molecule has 0 spiro atoms. The third-order valence-corrected chi connectivity index (χ3v) is 6.29. The number of carbonyl (C=O) groups is 3. The van der Waals surface area contributed by atoms with Gasteiger partial charge in [0.2, 0.25) is 0 Å². The number of nitrogens with zero attached hydrogens (tertiary/aromatic N) is 1. The first-order valence-electron chi connectivity index (χ1n) is 9.54. The molecule has 2 N–H and O–H groups in total. The summed E-state index contributed by atoms with van der Waals surface area (Å²) in [6.45, 7) is 2.51. The van der Waals surface area contributed by atoms with Crippen LogP contribution in [0, 0.1) is 17.8 Å². The number of nitrogens with one attached hydrogen (secondary N) is 2. The molecule has 0 radical (unpaired) electrons. The molecule has 2 bridgehead atoms. The van der Waals surface area contributed by atoms with Crippen LogP contribution in [-0.2, 0) is 0 Å². The number of rotatable bonds is 5. The normalized spacial score (nSPS) is 27.6. The molecule has 0 aromatic heterocycles. The van der Waals surface area contributed by atoms with Crippen molar-refractivity contribution in [3.8, 4) is 0 Å². The van der Waals surface area contributed by atoms with Crippen LogP contribution in [0.3, 0.4) is 0 Å². The summed E-state index contributed by atoms with van der Waals surface area (Å²) >= 11 is 0. The summed E-state index contributed by atoms with van der Waals surface area (Å²) in [7, 11) is 0. The second kappa shape index (κ2) is 6.74. The van der Waals surface area contributed by atoms with Gasteiger partial charge >= 0.3 is 6.03 Å². The molecule has 2 aliphatic carbocycles. The van der Waals surface area contributed by atoms with Crippen LogP contribution in [-0.4, -0.2) is 41.9 Å². The van der Waals surface area contributed by atoms with Crippen LogP contribution < -0.4 is 10.6 Å². The molecule has 6 nitrogen and oxygen atoms in total. The van der Waals surface area contributed by atoms with Gasteiger partial charge in [0.25, 0.3) is 11.8 Å². The Hall–Kier alpha value is -2.37. The van der Waals surface area contributed by atoms with E-state index in [9.17, 15) is 14.4 Å². The van der Waals surface area contributed by atoms with Gasteiger partial charge in [-0.1, -0.05) is 18.6 Å². The zero-order chi connectivity index (χ0) is 18.3. The van der Waals surface area contributed by atoms with E-state index >= 15 is 0 Å². The molecular weight excluding hydrogens is 330 g/mol. The average Bonchev–Trinajstić information content (AvgIpc) is 3.32. The number of urea groups is 1. The second-order valence-electron chi connectivity index (χ2n) is 7.84. The lowest BCUT2D eigenvalue weighted by Gasteiger charge is -2.28. The lowest BCUT2D eigenvalue weighted by molar-refractivity contribution is 0.0655. The highest BCUT2D eigenvalue weighted by Crippen LogP contribution is 2.49. The largest absolute Gasteiger partial charge is 0.336 e. The molecule has 1 heterocycles. The summed E-state index contributed by atoms with van der Waals surface area (Å²) in [4.78, 5) is 37.9. The maximum Gasteiger partial charge on any atom is 0.315 e. The lowest BCUT2D eigenvalue weighted by atomic mass is 9.84. The number of imide groups is 1. The van der Waals surface area contributed by atoms with Gasteiger partial charge in [-0.05, 0) is 56.1 Å². The van der Waals surface area contributed by atoms with Crippen LogP contribution in [0.1, 0.15) is 53.3 Å². The van der Waals surface area contributed by atoms with Crippen molar-refractivity contribution >= 4 is 17.8 Å². The van der Waals surface area contributed by atoms with E-state index in [0.717, 1.165) is 11.8 Å². The minimum atomic E-state index is -0.289. The van der Waals surface area contributed by atoms with Crippen molar-refractivity contribution in [2.24, 2.45) is 17.8 Å². The minimum absolute atomic E-state index is 0.157. The zero-order valence-corrected chi connectivity index (χ0v) is 15.0. The van der Waals surface area contributed by atoms with E-state index in [2.05, 4.69) is 17.6 Å². The number of benzene rings is 1. The van der Waals surface area contributed by atoms with E-state index in [1.165, 1.54) is 30.6 Å². The maximum absolute atomic E-state index is 12.3. The molecule has 4 unspecified atom stereocenters. The van der Waals surface area contributed by atoms with Gasteiger partial charge in [-0.15, -0.1) is 0 Å². The number of carbonyl (C=O) groups excluding carboxylic acids is 3. The summed E-state index contributed by atoms with van der Waals surface area (Å²) in [6.07, 6.45) is 5.18. The Morgan fingerprint density at radius 1 is 1.15 bits per heavy atom. The summed E-state index contributed by atoms with van der Waals surface area (Å²) in [5.41, 5.74) is 0.874. The zero-order valence-electron chi connectivity index (χ0n) is 15.0. The summed E-state index contributed by atoms with van der Waals surface area (Å²) in [6, 6.07) is 6.74. The van der Waals surface area contributed by atoms with Gasteiger partial charge in [0, 0.05) is 19.1 Å². The van der Waals surface area contributed by atoms with Gasteiger partial charge in [-0.2, -0.15) is 0 Å². The first-order valence-corrected chi connectivity index (χ1v) is 9.54. The average molecular weight is 355 g/mol. The molecule has 1 aromatic carbocycles. The Balaban J connectivity index is 1.24. The van der Waals surface area contributed by atoms with E-state index in [0.29, 0.717) is 17.0 Å². The van der Waals surface area contributed by atoms with Gasteiger partial charge in [0.1, 0.15) is 0 Å². The molecule has 2 fully saturated rings. The fraction of sp³-hybridized carbons (Fsp3) is 0.550. The van der Waals surface area contributed by atoms with Gasteiger partial charge in [-0.3, -0.25) is 14.5 Å². The highest BCUT2D eigenvalue weighted by Gasteiger charge is 2.42.